The minimum absolute atomic E-state index is 0.0990. The zero-order chi connectivity index (χ0) is 24.6. The van der Waals surface area contributed by atoms with Gasteiger partial charge in [-0.1, -0.05) is 63.1 Å². The minimum atomic E-state index is -0.255. The average molecular weight is 467 g/mol. The number of esters is 2. The van der Waals surface area contributed by atoms with Crippen LogP contribution in [0.1, 0.15) is 84.1 Å². The summed E-state index contributed by atoms with van der Waals surface area (Å²) in [6.07, 6.45) is 16.1. The van der Waals surface area contributed by atoms with E-state index in [1.54, 1.807) is 6.92 Å². The van der Waals surface area contributed by atoms with Crippen LogP contribution in [-0.2, 0) is 20.7 Å². The number of carbonyl (C=O) groups is 2. The molecular weight excluding hydrogens is 428 g/mol. The summed E-state index contributed by atoms with van der Waals surface area (Å²) in [5, 5.41) is 0. The zero-order valence-electron chi connectivity index (χ0n) is 20.8. The molecule has 6 nitrogen and oxygen atoms in total. The summed E-state index contributed by atoms with van der Waals surface area (Å²) in [6.45, 7) is 5.90. The number of aryl methyl sites for hydroxylation is 1. The first-order valence-corrected chi connectivity index (χ1v) is 12.5. The number of nitrogens with zero attached hydrogens (tertiary/aromatic N) is 2. The van der Waals surface area contributed by atoms with Gasteiger partial charge in [-0.3, -0.25) is 9.59 Å². The Balaban J connectivity index is 1.73. The average Bonchev–Trinajstić information content (AvgIpc) is 2.85. The summed E-state index contributed by atoms with van der Waals surface area (Å²) in [6, 6.07) is 7.99. The fourth-order valence-corrected chi connectivity index (χ4v) is 3.35. The molecule has 2 aromatic rings. The van der Waals surface area contributed by atoms with Crippen LogP contribution in [0.2, 0.25) is 0 Å². The van der Waals surface area contributed by atoms with Gasteiger partial charge in [0.15, 0.2) is 11.6 Å². The molecule has 6 heteroatoms. The van der Waals surface area contributed by atoms with E-state index in [9.17, 15) is 9.59 Å². The first-order chi connectivity index (χ1) is 16.5. The van der Waals surface area contributed by atoms with E-state index >= 15 is 0 Å². The minimum Gasteiger partial charge on any atom is -0.463 e. The molecule has 1 heterocycles. The molecule has 0 radical (unpaired) electrons. The highest BCUT2D eigenvalue weighted by molar-refractivity contribution is 5.72. The monoisotopic (exact) mass is 466 g/mol. The fraction of sp³-hybridized carbons (Fsp3) is 0.500. The van der Waals surface area contributed by atoms with Gasteiger partial charge in [-0.25, -0.2) is 9.97 Å². The molecule has 0 amide bonds. The molecule has 1 aromatic heterocycles. The molecule has 0 saturated carbocycles. The van der Waals surface area contributed by atoms with Crippen molar-refractivity contribution in [2.24, 2.45) is 0 Å². The molecule has 0 saturated heterocycles. The van der Waals surface area contributed by atoms with Crippen molar-refractivity contribution in [3.63, 3.8) is 0 Å². The van der Waals surface area contributed by atoms with E-state index < -0.39 is 0 Å². The van der Waals surface area contributed by atoms with Gasteiger partial charge >= 0.3 is 11.9 Å². The second-order valence-electron chi connectivity index (χ2n) is 8.47. The molecule has 0 aliphatic rings. The predicted octanol–water partition coefficient (Wildman–Crippen LogP) is 6.63. The van der Waals surface area contributed by atoms with Crippen molar-refractivity contribution in [3.8, 4) is 17.1 Å². The van der Waals surface area contributed by atoms with E-state index in [0.717, 1.165) is 49.7 Å². The van der Waals surface area contributed by atoms with E-state index in [4.69, 9.17) is 9.47 Å². The van der Waals surface area contributed by atoms with Gasteiger partial charge in [-0.15, -0.1) is 0 Å². The van der Waals surface area contributed by atoms with Gasteiger partial charge in [0.25, 0.3) is 0 Å². The van der Waals surface area contributed by atoms with Crippen LogP contribution in [0.15, 0.2) is 48.8 Å². The summed E-state index contributed by atoms with van der Waals surface area (Å²) in [4.78, 5) is 32.1. The highest BCUT2D eigenvalue weighted by Crippen LogP contribution is 2.19. The van der Waals surface area contributed by atoms with Crippen LogP contribution in [-0.4, -0.2) is 28.0 Å². The lowest BCUT2D eigenvalue weighted by Crippen LogP contribution is -2.14. The molecular formula is C28H38N2O4. The Morgan fingerprint density at radius 1 is 0.941 bits per heavy atom. The third-order valence-electron chi connectivity index (χ3n) is 5.43. The molecule has 184 valence electrons. The zero-order valence-corrected chi connectivity index (χ0v) is 20.8. The lowest BCUT2D eigenvalue weighted by Gasteiger charge is -2.12. The largest absolute Gasteiger partial charge is 0.463 e. The van der Waals surface area contributed by atoms with E-state index in [2.05, 4.69) is 29.0 Å². The van der Waals surface area contributed by atoms with Crippen molar-refractivity contribution in [1.82, 2.24) is 9.97 Å². The van der Waals surface area contributed by atoms with Gasteiger partial charge in [0.2, 0.25) is 0 Å². The predicted molar refractivity (Wildman–Crippen MR) is 134 cm³/mol. The van der Waals surface area contributed by atoms with Crippen LogP contribution < -0.4 is 4.74 Å². The van der Waals surface area contributed by atoms with Gasteiger partial charge in [0, 0.05) is 18.4 Å². The number of rotatable bonds is 15. The topological polar surface area (TPSA) is 78.4 Å². The Hall–Kier alpha value is -3.02. The molecule has 34 heavy (non-hydrogen) atoms. The lowest BCUT2D eigenvalue weighted by molar-refractivity contribution is -0.148. The van der Waals surface area contributed by atoms with Crippen LogP contribution in [0.5, 0.6) is 5.75 Å². The van der Waals surface area contributed by atoms with Crippen molar-refractivity contribution in [2.45, 2.75) is 91.1 Å². The van der Waals surface area contributed by atoms with Crippen LogP contribution in [0.3, 0.4) is 0 Å². The normalized spacial score (nSPS) is 12.0. The molecule has 0 spiro atoms. The maximum Gasteiger partial charge on any atom is 0.311 e. The first-order valence-electron chi connectivity index (χ1n) is 12.5. The summed E-state index contributed by atoms with van der Waals surface area (Å²) >= 11 is 0. The molecule has 1 atom stereocenters. The SMILES string of the molecule is CCCC/C=C/CCCCC(=O)Oc1cnc(-c2ccc(CCC(C)OC(=O)CC)cc2)nc1. The van der Waals surface area contributed by atoms with E-state index in [1.165, 1.54) is 25.2 Å². The van der Waals surface area contributed by atoms with E-state index in [1.807, 2.05) is 31.2 Å². The highest BCUT2D eigenvalue weighted by atomic mass is 16.5. The quantitative estimate of drug-likeness (QED) is 0.166. The summed E-state index contributed by atoms with van der Waals surface area (Å²) in [5.74, 6) is 0.515. The van der Waals surface area contributed by atoms with Gasteiger partial charge in [0.1, 0.15) is 0 Å². The highest BCUT2D eigenvalue weighted by Gasteiger charge is 2.09. The maximum atomic E-state index is 12.0. The van der Waals surface area contributed by atoms with Gasteiger partial charge in [-0.05, 0) is 51.0 Å². The van der Waals surface area contributed by atoms with Gasteiger partial charge in [-0.2, -0.15) is 0 Å². The third-order valence-corrected chi connectivity index (χ3v) is 5.43. The van der Waals surface area contributed by atoms with Crippen LogP contribution >= 0.6 is 0 Å². The number of unbranched alkanes of at least 4 members (excludes halogenated alkanes) is 4. The molecule has 0 aliphatic heterocycles. The third kappa shape index (κ3) is 10.7. The van der Waals surface area contributed by atoms with Crippen LogP contribution in [0.4, 0.5) is 0 Å². The summed E-state index contributed by atoms with van der Waals surface area (Å²) in [7, 11) is 0. The second-order valence-corrected chi connectivity index (χ2v) is 8.47. The second kappa shape index (κ2) is 15.8. The lowest BCUT2D eigenvalue weighted by atomic mass is 10.1. The summed E-state index contributed by atoms with van der Waals surface area (Å²) in [5.41, 5.74) is 2.05. The molecule has 0 fully saturated rings. The number of hydrogen-bond donors (Lipinski definition) is 0. The number of carbonyl (C=O) groups excluding carboxylic acids is 2. The Labute approximate surface area is 203 Å². The van der Waals surface area contributed by atoms with Crippen molar-refractivity contribution >= 4 is 11.9 Å². The Bertz CT molecular complexity index is 892. The van der Waals surface area contributed by atoms with Crippen molar-refractivity contribution < 1.29 is 19.1 Å². The molecule has 2 rings (SSSR count). The Morgan fingerprint density at radius 3 is 2.26 bits per heavy atom. The number of hydrogen-bond acceptors (Lipinski definition) is 6. The molecule has 1 aromatic carbocycles. The van der Waals surface area contributed by atoms with Crippen molar-refractivity contribution in [2.75, 3.05) is 0 Å². The molecule has 0 bridgehead atoms. The van der Waals surface area contributed by atoms with Crippen LogP contribution in [0.25, 0.3) is 11.4 Å². The standard InChI is InChI=1S/C28H38N2O4/c1-4-6-7-8-9-10-11-12-13-27(32)34-25-20-29-28(30-21-25)24-18-16-23(17-19-24)15-14-22(3)33-26(31)5-2/h8-9,16-22H,4-7,10-15H2,1-3H3/b9-8+. The smallest absolute Gasteiger partial charge is 0.311 e. The van der Waals surface area contributed by atoms with Gasteiger partial charge in [0.05, 0.1) is 18.5 Å². The van der Waals surface area contributed by atoms with Crippen molar-refractivity contribution in [3.05, 3.63) is 54.4 Å². The van der Waals surface area contributed by atoms with Gasteiger partial charge < -0.3 is 9.47 Å². The fourth-order valence-electron chi connectivity index (χ4n) is 3.35. The number of allylic oxidation sites excluding steroid dienone is 2. The molecule has 1 unspecified atom stereocenters. The van der Waals surface area contributed by atoms with E-state index in [0.29, 0.717) is 24.4 Å². The number of ether oxygens (including phenoxy) is 2. The van der Waals surface area contributed by atoms with E-state index in [-0.39, 0.29) is 18.0 Å². The number of benzene rings is 1. The summed E-state index contributed by atoms with van der Waals surface area (Å²) < 4.78 is 10.7. The maximum absolute atomic E-state index is 12.0. The first kappa shape index (κ1) is 27.2. The Kier molecular flexibility index (Phi) is 12.6. The molecule has 0 N–H and O–H groups in total. The molecule has 0 aliphatic carbocycles. The van der Waals surface area contributed by atoms with Crippen molar-refractivity contribution in [1.29, 1.82) is 0 Å². The van der Waals surface area contributed by atoms with Crippen LogP contribution in [0, 0.1) is 0 Å². The Morgan fingerprint density at radius 2 is 1.62 bits per heavy atom. The number of aromatic nitrogens is 2.